The SMILES string of the molecule is CC(C)C(O)CCNC(=O)c1c[nH]c(=S)n1-c1ccccc1. The highest BCUT2D eigenvalue weighted by atomic mass is 32.1. The molecule has 0 radical (unpaired) electrons. The fourth-order valence-electron chi connectivity index (χ4n) is 2.13. The van der Waals surface area contributed by atoms with Crippen LogP contribution >= 0.6 is 12.2 Å². The van der Waals surface area contributed by atoms with Crippen LogP contribution < -0.4 is 5.32 Å². The van der Waals surface area contributed by atoms with Crippen molar-refractivity contribution in [2.45, 2.75) is 26.4 Å². The second-order valence-corrected chi connectivity index (χ2v) is 5.89. The van der Waals surface area contributed by atoms with Crippen molar-refractivity contribution in [3.63, 3.8) is 0 Å². The Morgan fingerprint density at radius 3 is 2.68 bits per heavy atom. The van der Waals surface area contributed by atoms with Crippen molar-refractivity contribution >= 4 is 18.1 Å². The number of para-hydroxylation sites is 1. The van der Waals surface area contributed by atoms with E-state index < -0.39 is 6.10 Å². The van der Waals surface area contributed by atoms with E-state index in [4.69, 9.17) is 12.2 Å². The minimum Gasteiger partial charge on any atom is -0.393 e. The summed E-state index contributed by atoms with van der Waals surface area (Å²) >= 11 is 5.25. The van der Waals surface area contributed by atoms with Crippen molar-refractivity contribution in [2.24, 2.45) is 5.92 Å². The van der Waals surface area contributed by atoms with Gasteiger partial charge in [-0.25, -0.2) is 0 Å². The number of hydrogen-bond acceptors (Lipinski definition) is 3. The van der Waals surface area contributed by atoms with E-state index in [2.05, 4.69) is 10.3 Å². The maximum absolute atomic E-state index is 12.3. The van der Waals surface area contributed by atoms with Crippen molar-refractivity contribution in [2.75, 3.05) is 6.54 Å². The molecule has 6 heteroatoms. The van der Waals surface area contributed by atoms with Crippen molar-refractivity contribution in [3.8, 4) is 5.69 Å². The first kappa shape index (κ1) is 16.5. The average molecular weight is 319 g/mol. The van der Waals surface area contributed by atoms with Crippen LogP contribution in [-0.2, 0) is 0 Å². The number of imidazole rings is 1. The highest BCUT2D eigenvalue weighted by Crippen LogP contribution is 2.12. The second kappa shape index (κ2) is 7.38. The van der Waals surface area contributed by atoms with Crippen molar-refractivity contribution in [3.05, 3.63) is 47.0 Å². The van der Waals surface area contributed by atoms with Gasteiger partial charge in [-0.15, -0.1) is 0 Å². The fraction of sp³-hybridized carbons (Fsp3) is 0.375. The largest absolute Gasteiger partial charge is 0.393 e. The molecule has 1 unspecified atom stereocenters. The van der Waals surface area contributed by atoms with Crippen LogP contribution in [0.1, 0.15) is 30.8 Å². The van der Waals surface area contributed by atoms with Gasteiger partial charge in [-0.1, -0.05) is 32.0 Å². The van der Waals surface area contributed by atoms with E-state index in [1.54, 1.807) is 10.8 Å². The molecule has 1 amide bonds. The molecule has 0 aliphatic heterocycles. The smallest absolute Gasteiger partial charge is 0.269 e. The summed E-state index contributed by atoms with van der Waals surface area (Å²) in [6.45, 7) is 4.32. The average Bonchev–Trinajstić information content (AvgIpc) is 2.89. The van der Waals surface area contributed by atoms with E-state index >= 15 is 0 Å². The lowest BCUT2D eigenvalue weighted by Gasteiger charge is -2.14. The quantitative estimate of drug-likeness (QED) is 0.717. The molecule has 0 saturated carbocycles. The molecule has 2 rings (SSSR count). The van der Waals surface area contributed by atoms with E-state index in [1.165, 1.54) is 0 Å². The van der Waals surface area contributed by atoms with Crippen LogP contribution in [-0.4, -0.2) is 33.2 Å². The maximum Gasteiger partial charge on any atom is 0.269 e. The molecular formula is C16H21N3O2S. The number of nitrogens with one attached hydrogen (secondary N) is 2. The van der Waals surface area contributed by atoms with Gasteiger partial charge in [-0.2, -0.15) is 0 Å². The highest BCUT2D eigenvalue weighted by Gasteiger charge is 2.15. The molecule has 118 valence electrons. The number of hydrogen-bond donors (Lipinski definition) is 3. The van der Waals surface area contributed by atoms with Gasteiger partial charge in [0.15, 0.2) is 4.77 Å². The van der Waals surface area contributed by atoms with E-state index in [9.17, 15) is 9.90 Å². The standard InChI is InChI=1S/C16H21N3O2S/c1-11(2)14(20)8-9-17-15(21)13-10-18-16(22)19(13)12-6-4-3-5-7-12/h3-7,10-11,14,20H,8-9H2,1-2H3,(H,17,21)(H,18,22). The van der Waals surface area contributed by atoms with E-state index in [1.807, 2.05) is 44.2 Å². The van der Waals surface area contributed by atoms with Gasteiger partial charge in [0.05, 0.1) is 6.10 Å². The van der Waals surface area contributed by atoms with Crippen LogP contribution in [0, 0.1) is 10.7 Å². The molecular weight excluding hydrogens is 298 g/mol. The van der Waals surface area contributed by atoms with Gasteiger partial charge in [0.1, 0.15) is 5.69 Å². The molecule has 1 aromatic heterocycles. The van der Waals surface area contributed by atoms with Crippen molar-refractivity contribution < 1.29 is 9.90 Å². The Hall–Kier alpha value is -1.92. The number of rotatable bonds is 6. The number of aliphatic hydroxyl groups is 1. The Bertz CT molecular complexity index is 676. The van der Waals surface area contributed by atoms with Crippen LogP contribution in [0.3, 0.4) is 0 Å². The van der Waals surface area contributed by atoms with Gasteiger partial charge in [-0.05, 0) is 36.7 Å². The predicted octanol–water partition coefficient (Wildman–Crippen LogP) is 2.67. The summed E-state index contributed by atoms with van der Waals surface area (Å²) in [5, 5.41) is 12.6. The summed E-state index contributed by atoms with van der Waals surface area (Å²) in [5.74, 6) is -0.0372. The number of nitrogens with zero attached hydrogens (tertiary/aromatic N) is 1. The lowest BCUT2D eigenvalue weighted by molar-refractivity contribution is 0.0914. The number of amides is 1. The third-order valence-electron chi connectivity index (χ3n) is 3.52. The number of aliphatic hydroxyl groups excluding tert-OH is 1. The molecule has 3 N–H and O–H groups in total. The van der Waals surface area contributed by atoms with E-state index in [-0.39, 0.29) is 11.8 Å². The molecule has 1 aromatic carbocycles. The summed E-state index contributed by atoms with van der Waals surface area (Å²) in [7, 11) is 0. The zero-order valence-electron chi connectivity index (χ0n) is 12.7. The number of carbonyl (C=O) groups excluding carboxylic acids is 1. The second-order valence-electron chi connectivity index (χ2n) is 5.51. The van der Waals surface area contributed by atoms with Crippen LogP contribution in [0.15, 0.2) is 36.5 Å². The Balaban J connectivity index is 2.10. The minimum absolute atomic E-state index is 0.178. The van der Waals surface area contributed by atoms with Crippen molar-refractivity contribution in [1.29, 1.82) is 0 Å². The number of aromatic amines is 1. The first-order valence-electron chi connectivity index (χ1n) is 7.33. The van der Waals surface area contributed by atoms with Gasteiger partial charge < -0.3 is 15.4 Å². The summed E-state index contributed by atoms with van der Waals surface area (Å²) in [6, 6.07) is 9.48. The van der Waals surface area contributed by atoms with Crippen LogP contribution in [0.5, 0.6) is 0 Å². The first-order chi connectivity index (χ1) is 10.5. The molecule has 0 fully saturated rings. The number of carbonyl (C=O) groups is 1. The van der Waals surface area contributed by atoms with Gasteiger partial charge in [0.2, 0.25) is 0 Å². The van der Waals surface area contributed by atoms with E-state index in [0.717, 1.165) is 5.69 Å². The molecule has 2 aromatic rings. The zero-order valence-corrected chi connectivity index (χ0v) is 13.6. The summed E-state index contributed by atoms with van der Waals surface area (Å²) in [4.78, 5) is 15.2. The number of H-pyrrole nitrogens is 1. The molecule has 5 nitrogen and oxygen atoms in total. The topological polar surface area (TPSA) is 70.1 Å². The van der Waals surface area contributed by atoms with Gasteiger partial charge in [0, 0.05) is 18.4 Å². The Morgan fingerprint density at radius 2 is 2.05 bits per heavy atom. The molecule has 0 bridgehead atoms. The number of aromatic nitrogens is 2. The first-order valence-corrected chi connectivity index (χ1v) is 7.73. The van der Waals surface area contributed by atoms with Gasteiger partial charge >= 0.3 is 0 Å². The van der Waals surface area contributed by atoms with Crippen molar-refractivity contribution in [1.82, 2.24) is 14.9 Å². The van der Waals surface area contributed by atoms with Gasteiger partial charge in [0.25, 0.3) is 5.91 Å². The fourth-order valence-corrected chi connectivity index (χ4v) is 2.39. The maximum atomic E-state index is 12.3. The molecule has 1 heterocycles. The Labute approximate surface area is 135 Å². The van der Waals surface area contributed by atoms with Crippen LogP contribution in [0.25, 0.3) is 5.69 Å². The summed E-state index contributed by atoms with van der Waals surface area (Å²) in [5.41, 5.74) is 1.29. The third-order valence-corrected chi connectivity index (χ3v) is 3.82. The normalized spacial score (nSPS) is 12.4. The number of benzene rings is 1. The van der Waals surface area contributed by atoms with Gasteiger partial charge in [-0.3, -0.25) is 9.36 Å². The minimum atomic E-state index is -0.415. The lowest BCUT2D eigenvalue weighted by Crippen LogP contribution is -2.30. The molecule has 0 aliphatic rings. The third kappa shape index (κ3) is 3.84. The molecule has 0 aliphatic carbocycles. The van der Waals surface area contributed by atoms with E-state index in [0.29, 0.717) is 23.4 Å². The van der Waals surface area contributed by atoms with Crippen LogP contribution in [0.2, 0.25) is 0 Å². The Morgan fingerprint density at radius 1 is 1.36 bits per heavy atom. The lowest BCUT2D eigenvalue weighted by atomic mass is 10.0. The molecule has 0 saturated heterocycles. The summed E-state index contributed by atoms with van der Waals surface area (Å²) in [6.07, 6.45) is 1.71. The highest BCUT2D eigenvalue weighted by molar-refractivity contribution is 7.71. The molecule has 0 spiro atoms. The Kier molecular flexibility index (Phi) is 5.51. The molecule has 1 atom stereocenters. The summed E-state index contributed by atoms with van der Waals surface area (Å²) < 4.78 is 2.17. The predicted molar refractivity (Wildman–Crippen MR) is 88.7 cm³/mol. The molecule has 22 heavy (non-hydrogen) atoms. The zero-order chi connectivity index (χ0) is 16.1. The van der Waals surface area contributed by atoms with Crippen LogP contribution in [0.4, 0.5) is 0 Å². The monoisotopic (exact) mass is 319 g/mol.